The molecule has 1 aromatic rings. The van der Waals surface area contributed by atoms with E-state index in [1.165, 1.54) is 19.3 Å². The number of hydrogen-bond donors (Lipinski definition) is 3. The van der Waals surface area contributed by atoms with E-state index in [-0.39, 0.29) is 0 Å². The summed E-state index contributed by atoms with van der Waals surface area (Å²) in [4.78, 5) is 7.22. The lowest BCUT2D eigenvalue weighted by molar-refractivity contribution is 0.333. The highest BCUT2D eigenvalue weighted by atomic mass is 15.1. The van der Waals surface area contributed by atoms with E-state index in [4.69, 9.17) is 5.73 Å². The van der Waals surface area contributed by atoms with Crippen LogP contribution in [-0.4, -0.2) is 16.5 Å². The molecule has 1 saturated carbocycles. The summed E-state index contributed by atoms with van der Waals surface area (Å²) < 4.78 is 0. The number of hydrogen-bond acceptors (Lipinski definition) is 3. The number of nitrogens with one attached hydrogen (secondary N) is 2. The molecule has 4 heteroatoms. The highest BCUT2D eigenvalue weighted by Gasteiger charge is 2.17. The molecule has 0 radical (unpaired) electrons. The van der Waals surface area contributed by atoms with E-state index < -0.39 is 0 Å². The standard InChI is InChI=1S/C9H16N4/c1-6-12-8(10)9(13-6)11-5-7-3-2-4-7/h7,11H,2-5,10H2,1H3,(H,12,13). The van der Waals surface area contributed by atoms with Crippen LogP contribution in [0.5, 0.6) is 0 Å². The van der Waals surface area contributed by atoms with Crippen LogP contribution in [0.2, 0.25) is 0 Å². The summed E-state index contributed by atoms with van der Waals surface area (Å²) in [6.07, 6.45) is 4.06. The quantitative estimate of drug-likeness (QED) is 0.660. The summed E-state index contributed by atoms with van der Waals surface area (Å²) in [7, 11) is 0. The molecule has 0 saturated heterocycles. The van der Waals surface area contributed by atoms with Gasteiger partial charge in [0.25, 0.3) is 0 Å². The Bertz CT molecular complexity index is 288. The Morgan fingerprint density at radius 3 is 2.85 bits per heavy atom. The van der Waals surface area contributed by atoms with E-state index in [9.17, 15) is 0 Å². The Kier molecular flexibility index (Phi) is 2.12. The zero-order chi connectivity index (χ0) is 9.26. The van der Waals surface area contributed by atoms with E-state index in [0.717, 1.165) is 24.1 Å². The van der Waals surface area contributed by atoms with Gasteiger partial charge in [-0.05, 0) is 25.7 Å². The summed E-state index contributed by atoms with van der Waals surface area (Å²) in [5, 5.41) is 3.27. The number of aromatic amines is 1. The fraction of sp³-hybridized carbons (Fsp3) is 0.667. The van der Waals surface area contributed by atoms with E-state index in [1.807, 2.05) is 6.92 Å². The maximum absolute atomic E-state index is 5.71. The monoisotopic (exact) mass is 180 g/mol. The number of aromatic nitrogens is 2. The maximum atomic E-state index is 5.71. The van der Waals surface area contributed by atoms with Crippen molar-refractivity contribution in [3.63, 3.8) is 0 Å². The third kappa shape index (κ3) is 1.76. The van der Waals surface area contributed by atoms with Gasteiger partial charge in [0, 0.05) is 6.54 Å². The Hall–Kier alpha value is -1.19. The summed E-state index contributed by atoms with van der Waals surface area (Å²) >= 11 is 0. The van der Waals surface area contributed by atoms with Crippen LogP contribution in [0.25, 0.3) is 0 Å². The van der Waals surface area contributed by atoms with Crippen LogP contribution in [-0.2, 0) is 0 Å². The summed E-state index contributed by atoms with van der Waals surface area (Å²) in [5.41, 5.74) is 5.71. The second kappa shape index (κ2) is 3.28. The largest absolute Gasteiger partial charge is 0.382 e. The van der Waals surface area contributed by atoms with Crippen LogP contribution >= 0.6 is 0 Å². The number of nitrogens with zero attached hydrogens (tertiary/aromatic N) is 1. The van der Waals surface area contributed by atoms with Crippen molar-refractivity contribution in [3.8, 4) is 0 Å². The van der Waals surface area contributed by atoms with Crippen molar-refractivity contribution >= 4 is 11.6 Å². The molecule has 4 nitrogen and oxygen atoms in total. The lowest BCUT2D eigenvalue weighted by Crippen LogP contribution is -2.21. The number of H-pyrrole nitrogens is 1. The van der Waals surface area contributed by atoms with Crippen LogP contribution in [0.1, 0.15) is 25.1 Å². The third-order valence-corrected chi connectivity index (χ3v) is 2.63. The molecule has 1 heterocycles. The van der Waals surface area contributed by atoms with Crippen molar-refractivity contribution in [1.29, 1.82) is 0 Å². The number of rotatable bonds is 3. The second-order valence-corrected chi connectivity index (χ2v) is 3.76. The number of nitrogen functional groups attached to an aromatic ring is 1. The molecule has 0 aromatic carbocycles. The normalized spacial score (nSPS) is 17.0. The Morgan fingerprint density at radius 2 is 2.38 bits per heavy atom. The summed E-state index contributed by atoms with van der Waals surface area (Å²) in [5.74, 6) is 3.16. The van der Waals surface area contributed by atoms with Gasteiger partial charge < -0.3 is 16.0 Å². The van der Waals surface area contributed by atoms with Crippen molar-refractivity contribution < 1.29 is 0 Å². The first-order chi connectivity index (χ1) is 6.25. The highest BCUT2D eigenvalue weighted by Crippen LogP contribution is 2.26. The van der Waals surface area contributed by atoms with E-state index >= 15 is 0 Å². The minimum absolute atomic E-state index is 0.650. The summed E-state index contributed by atoms with van der Waals surface area (Å²) in [6.45, 7) is 2.92. The van der Waals surface area contributed by atoms with Crippen LogP contribution in [0.15, 0.2) is 0 Å². The molecule has 0 aliphatic heterocycles. The number of anilines is 2. The first kappa shape index (κ1) is 8.41. The van der Waals surface area contributed by atoms with E-state index in [2.05, 4.69) is 15.3 Å². The van der Waals surface area contributed by atoms with Crippen molar-refractivity contribution in [2.24, 2.45) is 5.92 Å². The molecule has 13 heavy (non-hydrogen) atoms. The van der Waals surface area contributed by atoms with Crippen molar-refractivity contribution in [1.82, 2.24) is 9.97 Å². The molecule has 0 amide bonds. The molecule has 0 bridgehead atoms. The first-order valence-corrected chi connectivity index (χ1v) is 4.81. The zero-order valence-electron chi connectivity index (χ0n) is 7.93. The molecule has 0 spiro atoms. The van der Waals surface area contributed by atoms with Crippen LogP contribution in [0.4, 0.5) is 11.6 Å². The van der Waals surface area contributed by atoms with Gasteiger partial charge in [-0.3, -0.25) is 0 Å². The van der Waals surface area contributed by atoms with Gasteiger partial charge in [-0.2, -0.15) is 0 Å². The van der Waals surface area contributed by atoms with Gasteiger partial charge >= 0.3 is 0 Å². The number of aryl methyl sites for hydroxylation is 1. The molecule has 72 valence electrons. The van der Waals surface area contributed by atoms with Crippen molar-refractivity contribution in [2.45, 2.75) is 26.2 Å². The predicted octanol–water partition coefficient (Wildman–Crippen LogP) is 1.51. The average Bonchev–Trinajstić information content (AvgIpc) is 2.27. The molecular weight excluding hydrogens is 164 g/mol. The number of nitrogens with two attached hydrogens (primary N) is 1. The molecule has 0 atom stereocenters. The molecule has 4 N–H and O–H groups in total. The van der Waals surface area contributed by atoms with Gasteiger partial charge in [0.2, 0.25) is 0 Å². The third-order valence-electron chi connectivity index (χ3n) is 2.63. The molecule has 1 aromatic heterocycles. The smallest absolute Gasteiger partial charge is 0.168 e. The van der Waals surface area contributed by atoms with Gasteiger partial charge in [-0.25, -0.2) is 4.98 Å². The molecule has 1 aliphatic carbocycles. The van der Waals surface area contributed by atoms with Gasteiger partial charge in [0.15, 0.2) is 5.82 Å². The van der Waals surface area contributed by atoms with E-state index in [0.29, 0.717) is 5.82 Å². The number of imidazole rings is 1. The van der Waals surface area contributed by atoms with Gasteiger partial charge in [0.05, 0.1) is 0 Å². The van der Waals surface area contributed by atoms with Crippen molar-refractivity contribution in [2.75, 3.05) is 17.6 Å². The highest BCUT2D eigenvalue weighted by molar-refractivity contribution is 5.56. The average molecular weight is 180 g/mol. The molecular formula is C9H16N4. The summed E-state index contributed by atoms with van der Waals surface area (Å²) in [6, 6.07) is 0. The minimum atomic E-state index is 0.650. The van der Waals surface area contributed by atoms with Crippen LogP contribution in [0.3, 0.4) is 0 Å². The predicted molar refractivity (Wildman–Crippen MR) is 53.6 cm³/mol. The Morgan fingerprint density at radius 1 is 1.62 bits per heavy atom. The fourth-order valence-corrected chi connectivity index (χ4v) is 1.58. The molecule has 1 fully saturated rings. The SMILES string of the molecule is Cc1nc(NCC2CCC2)c(N)[nH]1. The van der Waals surface area contributed by atoms with Crippen LogP contribution in [0, 0.1) is 12.8 Å². The first-order valence-electron chi connectivity index (χ1n) is 4.81. The van der Waals surface area contributed by atoms with Crippen molar-refractivity contribution in [3.05, 3.63) is 5.82 Å². The molecule has 2 rings (SSSR count). The molecule has 0 unspecified atom stereocenters. The van der Waals surface area contributed by atoms with Gasteiger partial charge in [-0.1, -0.05) is 6.42 Å². The van der Waals surface area contributed by atoms with Crippen LogP contribution < -0.4 is 11.1 Å². The minimum Gasteiger partial charge on any atom is -0.382 e. The zero-order valence-corrected chi connectivity index (χ0v) is 7.93. The van der Waals surface area contributed by atoms with Gasteiger partial charge in [-0.15, -0.1) is 0 Å². The lowest BCUT2D eigenvalue weighted by atomic mass is 9.85. The fourth-order valence-electron chi connectivity index (χ4n) is 1.58. The Balaban J connectivity index is 1.89. The second-order valence-electron chi connectivity index (χ2n) is 3.76. The molecule has 1 aliphatic rings. The maximum Gasteiger partial charge on any atom is 0.168 e. The topological polar surface area (TPSA) is 66.7 Å². The van der Waals surface area contributed by atoms with Gasteiger partial charge in [0.1, 0.15) is 11.6 Å². The lowest BCUT2D eigenvalue weighted by Gasteiger charge is -2.25. The van der Waals surface area contributed by atoms with E-state index in [1.54, 1.807) is 0 Å². The Labute approximate surface area is 77.9 Å².